The molecular formula is C11H10N4. The van der Waals surface area contributed by atoms with Crippen molar-refractivity contribution in [3.05, 3.63) is 42.9 Å². The molecule has 0 aliphatic heterocycles. The molecule has 0 fully saturated rings. The molecule has 0 saturated heterocycles. The summed E-state index contributed by atoms with van der Waals surface area (Å²) in [4.78, 5) is 4.52. The van der Waals surface area contributed by atoms with Gasteiger partial charge in [-0.1, -0.05) is 6.07 Å². The second-order valence-electron chi connectivity index (χ2n) is 3.43. The van der Waals surface area contributed by atoms with Gasteiger partial charge in [-0.05, 0) is 18.2 Å². The van der Waals surface area contributed by atoms with E-state index in [1.54, 1.807) is 6.20 Å². The van der Waals surface area contributed by atoms with Gasteiger partial charge in [-0.25, -0.2) is 4.98 Å². The molecule has 0 spiro atoms. The van der Waals surface area contributed by atoms with Crippen LogP contribution in [0, 0.1) is 0 Å². The highest BCUT2D eigenvalue weighted by molar-refractivity contribution is 5.58. The standard InChI is InChI=1S/C11H10N4/c1-14-10(5-6-12-14)9-8-15-7-3-2-4-11(15)13-9/h2-8H,1H3. The molecule has 0 amide bonds. The first-order chi connectivity index (χ1) is 7.34. The van der Waals surface area contributed by atoms with Crippen molar-refractivity contribution < 1.29 is 0 Å². The van der Waals surface area contributed by atoms with Crippen molar-refractivity contribution in [1.82, 2.24) is 19.2 Å². The summed E-state index contributed by atoms with van der Waals surface area (Å²) in [7, 11) is 1.92. The number of hydrogen-bond donors (Lipinski definition) is 0. The lowest BCUT2D eigenvalue weighted by Gasteiger charge is -1.94. The first-order valence-electron chi connectivity index (χ1n) is 4.77. The minimum absolute atomic E-state index is 0.946. The average Bonchev–Trinajstić information content (AvgIpc) is 2.82. The van der Waals surface area contributed by atoms with Crippen molar-refractivity contribution >= 4 is 5.65 Å². The van der Waals surface area contributed by atoms with Crippen LogP contribution in [-0.2, 0) is 7.05 Å². The molecule has 74 valence electrons. The molecule has 4 nitrogen and oxygen atoms in total. The highest BCUT2D eigenvalue weighted by atomic mass is 15.3. The number of pyridine rings is 1. The predicted octanol–water partition coefficient (Wildman–Crippen LogP) is 1.73. The lowest BCUT2D eigenvalue weighted by molar-refractivity contribution is 0.774. The number of aryl methyl sites for hydroxylation is 1. The Morgan fingerprint density at radius 2 is 2.13 bits per heavy atom. The lowest BCUT2D eigenvalue weighted by atomic mass is 10.3. The fraction of sp³-hybridized carbons (Fsp3) is 0.0909. The van der Waals surface area contributed by atoms with E-state index in [2.05, 4.69) is 10.1 Å². The molecule has 0 N–H and O–H groups in total. The van der Waals surface area contributed by atoms with E-state index in [0.29, 0.717) is 0 Å². The summed E-state index contributed by atoms with van der Waals surface area (Å²) in [5, 5.41) is 4.13. The molecule has 0 radical (unpaired) electrons. The van der Waals surface area contributed by atoms with E-state index in [-0.39, 0.29) is 0 Å². The Balaban J connectivity index is 2.24. The Morgan fingerprint density at radius 3 is 2.87 bits per heavy atom. The Morgan fingerprint density at radius 1 is 1.20 bits per heavy atom. The van der Waals surface area contributed by atoms with Gasteiger partial charge in [0.25, 0.3) is 0 Å². The maximum absolute atomic E-state index is 4.52. The van der Waals surface area contributed by atoms with Crippen molar-refractivity contribution in [2.45, 2.75) is 0 Å². The fourth-order valence-corrected chi connectivity index (χ4v) is 1.68. The molecule has 4 heteroatoms. The van der Waals surface area contributed by atoms with E-state index in [4.69, 9.17) is 0 Å². The highest BCUT2D eigenvalue weighted by Crippen LogP contribution is 2.17. The zero-order chi connectivity index (χ0) is 10.3. The second kappa shape index (κ2) is 2.95. The van der Waals surface area contributed by atoms with E-state index in [0.717, 1.165) is 17.0 Å². The number of nitrogens with zero attached hydrogens (tertiary/aromatic N) is 4. The van der Waals surface area contributed by atoms with Crippen LogP contribution in [0.2, 0.25) is 0 Å². The molecule has 15 heavy (non-hydrogen) atoms. The third-order valence-electron chi connectivity index (χ3n) is 2.45. The van der Waals surface area contributed by atoms with Crippen LogP contribution in [0.25, 0.3) is 17.0 Å². The van der Waals surface area contributed by atoms with Gasteiger partial charge in [-0.3, -0.25) is 4.68 Å². The zero-order valence-corrected chi connectivity index (χ0v) is 8.33. The van der Waals surface area contributed by atoms with E-state index < -0.39 is 0 Å². The number of hydrogen-bond acceptors (Lipinski definition) is 2. The lowest BCUT2D eigenvalue weighted by Crippen LogP contribution is -1.92. The van der Waals surface area contributed by atoms with Gasteiger partial charge in [0.2, 0.25) is 0 Å². The van der Waals surface area contributed by atoms with Gasteiger partial charge in [0, 0.05) is 25.6 Å². The molecule has 0 saturated carbocycles. The second-order valence-corrected chi connectivity index (χ2v) is 3.43. The maximum atomic E-state index is 4.52. The van der Waals surface area contributed by atoms with Crippen molar-refractivity contribution in [3.8, 4) is 11.4 Å². The van der Waals surface area contributed by atoms with Gasteiger partial charge in [0.15, 0.2) is 0 Å². The summed E-state index contributed by atoms with van der Waals surface area (Å²) >= 11 is 0. The van der Waals surface area contributed by atoms with E-state index in [1.165, 1.54) is 0 Å². The molecule has 3 aromatic rings. The Bertz CT molecular complexity index is 573. The summed E-state index contributed by atoms with van der Waals surface area (Å²) in [6, 6.07) is 7.92. The summed E-state index contributed by atoms with van der Waals surface area (Å²) in [6.45, 7) is 0. The van der Waals surface area contributed by atoms with Crippen molar-refractivity contribution in [2.75, 3.05) is 0 Å². The van der Waals surface area contributed by atoms with Crippen LogP contribution in [0.5, 0.6) is 0 Å². The van der Waals surface area contributed by atoms with Gasteiger partial charge >= 0.3 is 0 Å². The molecule has 0 bridgehead atoms. The van der Waals surface area contributed by atoms with Crippen LogP contribution in [0.1, 0.15) is 0 Å². The highest BCUT2D eigenvalue weighted by Gasteiger charge is 2.06. The summed E-state index contributed by atoms with van der Waals surface area (Å²) < 4.78 is 3.82. The van der Waals surface area contributed by atoms with Crippen LogP contribution in [-0.4, -0.2) is 19.2 Å². The van der Waals surface area contributed by atoms with Crippen LogP contribution >= 0.6 is 0 Å². The molecule has 0 aliphatic carbocycles. The molecule has 0 aromatic carbocycles. The monoisotopic (exact) mass is 198 g/mol. The fourth-order valence-electron chi connectivity index (χ4n) is 1.68. The minimum Gasteiger partial charge on any atom is -0.306 e. The molecule has 3 heterocycles. The van der Waals surface area contributed by atoms with Gasteiger partial charge in [0.05, 0.1) is 5.69 Å². The van der Waals surface area contributed by atoms with Crippen LogP contribution < -0.4 is 0 Å². The van der Waals surface area contributed by atoms with Crippen molar-refractivity contribution in [1.29, 1.82) is 0 Å². The Kier molecular flexibility index (Phi) is 1.62. The summed E-state index contributed by atoms with van der Waals surface area (Å²) in [5.41, 5.74) is 2.92. The van der Waals surface area contributed by atoms with Gasteiger partial charge < -0.3 is 4.40 Å². The SMILES string of the molecule is Cn1nccc1-c1cn2ccccc2n1. The number of aromatic nitrogens is 4. The average molecular weight is 198 g/mol. The van der Waals surface area contributed by atoms with E-state index >= 15 is 0 Å². The zero-order valence-electron chi connectivity index (χ0n) is 8.33. The summed E-state index contributed by atoms with van der Waals surface area (Å²) in [6.07, 6.45) is 5.77. The van der Waals surface area contributed by atoms with Gasteiger partial charge in [-0.2, -0.15) is 5.10 Å². The maximum Gasteiger partial charge on any atom is 0.137 e. The summed E-state index contributed by atoms with van der Waals surface area (Å²) in [5.74, 6) is 0. The largest absolute Gasteiger partial charge is 0.306 e. The van der Waals surface area contributed by atoms with Gasteiger partial charge in [0.1, 0.15) is 11.3 Å². The molecule has 0 unspecified atom stereocenters. The quantitative estimate of drug-likeness (QED) is 0.597. The molecular weight excluding hydrogens is 188 g/mol. The number of imidazole rings is 1. The topological polar surface area (TPSA) is 35.1 Å². The van der Waals surface area contributed by atoms with Crippen molar-refractivity contribution in [2.24, 2.45) is 7.05 Å². The number of fused-ring (bicyclic) bond motifs is 1. The first-order valence-corrected chi connectivity index (χ1v) is 4.77. The first kappa shape index (κ1) is 8.23. The molecule has 3 rings (SSSR count). The Labute approximate surface area is 86.8 Å². The Hall–Kier alpha value is -2.10. The third kappa shape index (κ3) is 1.22. The molecule has 0 aliphatic rings. The smallest absolute Gasteiger partial charge is 0.137 e. The van der Waals surface area contributed by atoms with Crippen LogP contribution in [0.3, 0.4) is 0 Å². The normalized spacial score (nSPS) is 11.0. The van der Waals surface area contributed by atoms with Crippen LogP contribution in [0.4, 0.5) is 0 Å². The van der Waals surface area contributed by atoms with Crippen LogP contribution in [0.15, 0.2) is 42.9 Å². The van der Waals surface area contributed by atoms with Gasteiger partial charge in [-0.15, -0.1) is 0 Å². The predicted molar refractivity (Wildman–Crippen MR) is 57.4 cm³/mol. The van der Waals surface area contributed by atoms with Crippen molar-refractivity contribution in [3.63, 3.8) is 0 Å². The minimum atomic E-state index is 0.946. The van der Waals surface area contributed by atoms with E-state index in [9.17, 15) is 0 Å². The third-order valence-corrected chi connectivity index (χ3v) is 2.45. The molecule has 0 atom stereocenters. The molecule has 3 aromatic heterocycles. The number of rotatable bonds is 1. The van der Waals surface area contributed by atoms with E-state index in [1.807, 2.05) is 52.8 Å².